The van der Waals surface area contributed by atoms with E-state index >= 15 is 0 Å². The molecule has 6 aliphatic rings. The number of rotatable bonds is 10. The number of urea groups is 1. The topological polar surface area (TPSA) is 186 Å². The summed E-state index contributed by atoms with van der Waals surface area (Å²) < 4.78 is 1.71. The third-order valence-electron chi connectivity index (χ3n) is 15.5. The lowest BCUT2D eigenvalue weighted by Gasteiger charge is -2.40. The van der Waals surface area contributed by atoms with Crippen LogP contribution in [0.15, 0.2) is 47.5 Å². The van der Waals surface area contributed by atoms with Gasteiger partial charge in [0.1, 0.15) is 17.5 Å². The van der Waals surface area contributed by atoms with Crippen LogP contribution >= 0.6 is 0 Å². The summed E-state index contributed by atoms with van der Waals surface area (Å²) in [7, 11) is 0. The fourth-order valence-corrected chi connectivity index (χ4v) is 11.5. The van der Waals surface area contributed by atoms with Gasteiger partial charge in [0, 0.05) is 75.4 Å². The van der Waals surface area contributed by atoms with Crippen LogP contribution in [0, 0.1) is 12.8 Å². The zero-order valence-electron chi connectivity index (χ0n) is 38.7. The first kappa shape index (κ1) is 44.6. The molecule has 67 heavy (non-hydrogen) atoms. The van der Waals surface area contributed by atoms with Crippen molar-refractivity contribution in [3.63, 3.8) is 0 Å². The fraction of sp³-hybridized carbons (Fsp3) is 0.540. The summed E-state index contributed by atoms with van der Waals surface area (Å²) in [5, 5.41) is 6.30. The van der Waals surface area contributed by atoms with Gasteiger partial charge in [-0.25, -0.2) is 14.8 Å². The Morgan fingerprint density at radius 1 is 0.821 bits per heavy atom. The van der Waals surface area contributed by atoms with Crippen molar-refractivity contribution < 1.29 is 24.0 Å². The smallest absolute Gasteiger partial charge is 0.320 e. The zero-order valence-corrected chi connectivity index (χ0v) is 38.7. The van der Waals surface area contributed by atoms with Gasteiger partial charge < -0.3 is 29.8 Å². The fourth-order valence-electron chi connectivity index (χ4n) is 11.5. The van der Waals surface area contributed by atoms with Crippen molar-refractivity contribution in [3.05, 3.63) is 80.9 Å². The molecule has 17 heteroatoms. The lowest BCUT2D eigenvalue weighted by molar-refractivity contribution is -0.136. The lowest BCUT2D eigenvalue weighted by Crippen LogP contribution is -2.54. The Morgan fingerprint density at radius 2 is 1.57 bits per heavy atom. The Bertz CT molecular complexity index is 2640. The highest BCUT2D eigenvalue weighted by molar-refractivity contribution is 6.05. The van der Waals surface area contributed by atoms with Crippen molar-refractivity contribution in [3.8, 4) is 0 Å². The minimum atomic E-state index is -0.595. The van der Waals surface area contributed by atoms with Gasteiger partial charge in [-0.1, -0.05) is 25.0 Å². The van der Waals surface area contributed by atoms with Gasteiger partial charge in [-0.2, -0.15) is 4.98 Å². The number of benzene rings is 1. The van der Waals surface area contributed by atoms with Gasteiger partial charge in [-0.15, -0.1) is 0 Å². The molecule has 1 saturated carbocycles. The monoisotopic (exact) mass is 911 g/mol. The number of imide groups is 1. The van der Waals surface area contributed by atoms with E-state index in [4.69, 9.17) is 4.98 Å². The van der Waals surface area contributed by atoms with Crippen LogP contribution in [-0.2, 0) is 16.1 Å². The maximum Gasteiger partial charge on any atom is 0.320 e. The second-order valence-corrected chi connectivity index (χ2v) is 19.5. The molecule has 0 spiro atoms. The standard InChI is InChI=1S/C50H61N11O6/c1-31-40-29-52-49(55-45(40)61(37-5-3-4-6-37)48(66)44(31)32(2)62)53-42-11-8-38(28-51-42)57-23-25-59(26-24-57)50(67)58-21-14-33(15-22-58)13-18-56-19-16-34(17-20-56)35-7-9-39-36(27-35)30-60(47(39)65)41-10-12-43(63)54-46(41)64/h7-9,11,27-29,33-34,37,41H,3-6,10,12-26,30H2,1-2H3,(H,54,63,64)(H,51,52,53,55). The molecular formula is C50H61N11O6. The number of hydrogen-bond acceptors (Lipinski definition) is 12. The number of likely N-dealkylation sites (tertiary alicyclic amines) is 2. The number of carbonyl (C=O) groups is 5. The number of amides is 5. The summed E-state index contributed by atoms with van der Waals surface area (Å²) in [6.07, 6.45) is 13.3. The Labute approximate surface area is 390 Å². The Kier molecular flexibility index (Phi) is 12.5. The number of anilines is 3. The molecule has 1 aromatic carbocycles. The van der Waals surface area contributed by atoms with Crippen LogP contribution in [0.4, 0.5) is 22.2 Å². The number of hydrogen-bond donors (Lipinski definition) is 2. The number of fused-ring (bicyclic) bond motifs is 2. The van der Waals surface area contributed by atoms with Gasteiger partial charge in [0.15, 0.2) is 5.78 Å². The van der Waals surface area contributed by atoms with Crippen molar-refractivity contribution >= 4 is 58.0 Å². The van der Waals surface area contributed by atoms with Crippen molar-refractivity contribution in [2.45, 2.75) is 109 Å². The summed E-state index contributed by atoms with van der Waals surface area (Å²) in [5.41, 5.74) is 4.96. The molecule has 10 rings (SSSR count). The van der Waals surface area contributed by atoms with E-state index in [-0.39, 0.29) is 53.1 Å². The first-order valence-corrected chi connectivity index (χ1v) is 24.4. The largest absolute Gasteiger partial charge is 0.367 e. The molecule has 4 aromatic rings. The predicted molar refractivity (Wildman–Crippen MR) is 253 cm³/mol. The maximum atomic E-state index is 13.6. The number of pyridine rings is 2. The lowest BCUT2D eigenvalue weighted by atomic mass is 9.87. The van der Waals surface area contributed by atoms with E-state index in [1.807, 2.05) is 34.2 Å². The number of aryl methyl sites for hydroxylation is 1. The number of piperazine rings is 1. The average Bonchev–Trinajstić information content (AvgIpc) is 3.99. The molecule has 352 valence electrons. The number of piperidine rings is 3. The van der Waals surface area contributed by atoms with E-state index in [2.05, 4.69) is 42.5 Å². The van der Waals surface area contributed by atoms with Crippen molar-refractivity contribution in [1.82, 2.24) is 44.4 Å². The van der Waals surface area contributed by atoms with Crippen LogP contribution in [0.1, 0.15) is 127 Å². The van der Waals surface area contributed by atoms with E-state index in [9.17, 15) is 28.8 Å². The number of carbonyl (C=O) groups excluding carboxylic acids is 5. The quantitative estimate of drug-likeness (QED) is 0.150. The minimum Gasteiger partial charge on any atom is -0.367 e. The maximum absolute atomic E-state index is 13.6. The first-order chi connectivity index (χ1) is 32.5. The van der Waals surface area contributed by atoms with E-state index < -0.39 is 6.04 Å². The first-order valence-electron chi connectivity index (χ1n) is 24.4. The predicted octanol–water partition coefficient (Wildman–Crippen LogP) is 5.54. The SMILES string of the molecule is CC(=O)c1c(C)c2cnc(Nc3ccc(N4CCN(C(=O)N5CCC(CCN6CCC(c7ccc8c(c7)CN(C7CCC(=O)NC7=O)C8=O)CC6)CC5)CC4)cn3)nc2n(C2CCCC2)c1=O. The molecule has 8 heterocycles. The van der Waals surface area contributed by atoms with Gasteiger partial charge in [0.25, 0.3) is 11.5 Å². The summed E-state index contributed by atoms with van der Waals surface area (Å²) in [5.74, 6) is 0.935. The highest BCUT2D eigenvalue weighted by atomic mass is 16.2. The van der Waals surface area contributed by atoms with Crippen molar-refractivity contribution in [2.24, 2.45) is 5.92 Å². The molecule has 3 aromatic heterocycles. The highest BCUT2D eigenvalue weighted by Crippen LogP contribution is 2.35. The highest BCUT2D eigenvalue weighted by Gasteiger charge is 2.39. The number of nitrogens with one attached hydrogen (secondary N) is 2. The third-order valence-corrected chi connectivity index (χ3v) is 15.5. The van der Waals surface area contributed by atoms with E-state index in [0.29, 0.717) is 71.8 Å². The van der Waals surface area contributed by atoms with Gasteiger partial charge >= 0.3 is 6.03 Å². The summed E-state index contributed by atoms with van der Waals surface area (Å²) in [4.78, 5) is 102. The Morgan fingerprint density at radius 3 is 2.27 bits per heavy atom. The zero-order chi connectivity index (χ0) is 46.3. The van der Waals surface area contributed by atoms with Crippen molar-refractivity contribution in [2.75, 3.05) is 69.1 Å². The molecule has 17 nitrogen and oxygen atoms in total. The van der Waals surface area contributed by atoms with Crippen LogP contribution < -0.4 is 21.1 Å². The Hall–Kier alpha value is -6.23. The molecule has 5 aliphatic heterocycles. The van der Waals surface area contributed by atoms with Crippen molar-refractivity contribution in [1.29, 1.82) is 0 Å². The van der Waals surface area contributed by atoms with Gasteiger partial charge in [0.2, 0.25) is 17.8 Å². The molecule has 5 amide bonds. The second-order valence-electron chi connectivity index (χ2n) is 19.5. The van der Waals surface area contributed by atoms with Crippen LogP contribution in [0.5, 0.6) is 0 Å². The van der Waals surface area contributed by atoms with Gasteiger partial charge in [-0.05, 0) is 132 Å². The van der Waals surface area contributed by atoms with Gasteiger partial charge in [-0.3, -0.25) is 33.9 Å². The summed E-state index contributed by atoms with van der Waals surface area (Å²) >= 11 is 0. The molecule has 5 fully saturated rings. The van der Waals surface area contributed by atoms with E-state index in [0.717, 1.165) is 115 Å². The Balaban J connectivity index is 0.654. The van der Waals surface area contributed by atoms with E-state index in [1.165, 1.54) is 12.5 Å². The molecule has 1 aliphatic carbocycles. The number of aromatic nitrogens is 4. The van der Waals surface area contributed by atoms with Crippen LogP contribution in [0.25, 0.3) is 11.0 Å². The molecule has 0 bridgehead atoms. The molecule has 2 N–H and O–H groups in total. The third kappa shape index (κ3) is 9.01. The normalized spacial score (nSPS) is 21.3. The summed E-state index contributed by atoms with van der Waals surface area (Å²) in [6.45, 7) is 11.1. The summed E-state index contributed by atoms with van der Waals surface area (Å²) in [6, 6.07) is 9.63. The molecule has 0 radical (unpaired) electrons. The van der Waals surface area contributed by atoms with Gasteiger partial charge in [0.05, 0.1) is 17.4 Å². The molecular weight excluding hydrogens is 851 g/mol. The minimum absolute atomic E-state index is 0.00134. The molecule has 1 unspecified atom stereocenters. The number of Topliss-reactive ketones (excluding diaryl/α,β-unsaturated/α-hetero) is 1. The number of nitrogens with zero attached hydrogens (tertiary/aromatic N) is 9. The molecule has 1 atom stereocenters. The number of ketones is 1. The van der Waals surface area contributed by atoms with Crippen LogP contribution in [0.2, 0.25) is 0 Å². The van der Waals surface area contributed by atoms with Crippen LogP contribution in [-0.4, -0.2) is 134 Å². The second kappa shape index (κ2) is 18.8. The average molecular weight is 912 g/mol. The van der Waals surface area contributed by atoms with Crippen LogP contribution in [0.3, 0.4) is 0 Å². The van der Waals surface area contributed by atoms with E-state index in [1.54, 1.807) is 22.6 Å². The molecule has 4 saturated heterocycles.